The lowest BCUT2D eigenvalue weighted by atomic mass is 10.2. The summed E-state index contributed by atoms with van der Waals surface area (Å²) < 4.78 is 27.3. The molecule has 1 amide bonds. The predicted octanol–water partition coefficient (Wildman–Crippen LogP) is 2.52. The number of nitrogens with one attached hydrogen (secondary N) is 3. The highest BCUT2D eigenvalue weighted by Crippen LogP contribution is 2.26. The van der Waals surface area contributed by atoms with Crippen LogP contribution in [0.2, 0.25) is 0 Å². The predicted molar refractivity (Wildman–Crippen MR) is 88.1 cm³/mol. The number of sulfonamides is 1. The normalized spacial score (nSPS) is 11.1. The van der Waals surface area contributed by atoms with Gasteiger partial charge < -0.3 is 5.32 Å². The maximum Gasteiger partial charge on any atom is 0.273 e. The number of carbonyl (C=O) groups is 1. The molecule has 3 rings (SSSR count). The second-order valence-corrected chi connectivity index (χ2v) is 7.36. The zero-order valence-electron chi connectivity index (χ0n) is 11.7. The highest BCUT2D eigenvalue weighted by Gasteiger charge is 2.18. The number of nitrogens with zero attached hydrogens (tertiary/aromatic N) is 1. The van der Waals surface area contributed by atoms with Crippen molar-refractivity contribution in [3.05, 3.63) is 59.7 Å². The Balaban J connectivity index is 1.85. The summed E-state index contributed by atoms with van der Waals surface area (Å²) in [7, 11) is -3.69. The number of anilines is 2. The van der Waals surface area contributed by atoms with Gasteiger partial charge in [0.05, 0.1) is 11.4 Å². The molecule has 2 aromatic heterocycles. The molecule has 0 aliphatic carbocycles. The lowest BCUT2D eigenvalue weighted by molar-refractivity contribution is 0.102. The molecule has 0 atom stereocenters. The molecule has 2 heterocycles. The number of thiophene rings is 1. The number of hydrogen-bond acceptors (Lipinski definition) is 5. The number of H-pyrrole nitrogens is 1. The van der Waals surface area contributed by atoms with Crippen molar-refractivity contribution >= 4 is 38.6 Å². The third kappa shape index (κ3) is 3.41. The van der Waals surface area contributed by atoms with Gasteiger partial charge in [0.1, 0.15) is 9.90 Å². The van der Waals surface area contributed by atoms with Gasteiger partial charge in [0.15, 0.2) is 0 Å². The summed E-state index contributed by atoms with van der Waals surface area (Å²) >= 11 is 1.12. The zero-order chi connectivity index (χ0) is 16.3. The molecule has 3 aromatic rings. The molecule has 0 spiro atoms. The van der Waals surface area contributed by atoms with Gasteiger partial charge in [-0.3, -0.25) is 14.6 Å². The second kappa shape index (κ2) is 6.23. The van der Waals surface area contributed by atoms with Gasteiger partial charge in [-0.2, -0.15) is 5.10 Å². The first kappa shape index (κ1) is 15.3. The topological polar surface area (TPSA) is 104 Å². The average molecular weight is 348 g/mol. The molecule has 118 valence electrons. The summed E-state index contributed by atoms with van der Waals surface area (Å²) in [6, 6.07) is 11.3. The van der Waals surface area contributed by atoms with Crippen LogP contribution < -0.4 is 10.0 Å². The summed E-state index contributed by atoms with van der Waals surface area (Å²) in [5.74, 6) is -0.412. The van der Waals surface area contributed by atoms with Crippen LogP contribution in [0.15, 0.2) is 58.3 Å². The first-order valence-electron chi connectivity index (χ1n) is 6.52. The van der Waals surface area contributed by atoms with Crippen LogP contribution in [0.25, 0.3) is 0 Å². The highest BCUT2D eigenvalue weighted by molar-refractivity contribution is 7.94. The van der Waals surface area contributed by atoms with E-state index < -0.39 is 15.9 Å². The van der Waals surface area contributed by atoms with Crippen LogP contribution in [0.1, 0.15) is 10.5 Å². The smallest absolute Gasteiger partial charge is 0.273 e. The number of aromatic nitrogens is 2. The standard InChI is InChI=1S/C14H12N4O3S2/c19-14(12-7-8-15-17-12)16-10-4-1-2-5-11(10)18-23(20,21)13-6-3-9-22-13/h1-9,18H,(H,15,17)(H,16,19). The van der Waals surface area contributed by atoms with Crippen LogP contribution in [-0.2, 0) is 10.0 Å². The van der Waals surface area contributed by atoms with Crippen molar-refractivity contribution in [2.45, 2.75) is 4.21 Å². The SMILES string of the molecule is O=C(Nc1ccccc1NS(=O)(=O)c1cccs1)c1ccn[nH]1. The zero-order valence-corrected chi connectivity index (χ0v) is 13.3. The van der Waals surface area contributed by atoms with Gasteiger partial charge in [0.2, 0.25) is 0 Å². The molecule has 0 saturated carbocycles. The fraction of sp³-hybridized carbons (Fsp3) is 0. The van der Waals surface area contributed by atoms with Crippen LogP contribution in [0.4, 0.5) is 11.4 Å². The lowest BCUT2D eigenvalue weighted by Crippen LogP contribution is -2.16. The molecule has 3 N–H and O–H groups in total. The molecule has 9 heteroatoms. The van der Waals surface area contributed by atoms with Gasteiger partial charge in [-0.05, 0) is 29.6 Å². The van der Waals surface area contributed by atoms with Crippen molar-refractivity contribution in [2.24, 2.45) is 0 Å². The number of amides is 1. The Morgan fingerprint density at radius 3 is 2.52 bits per heavy atom. The van der Waals surface area contributed by atoms with Crippen molar-refractivity contribution in [2.75, 3.05) is 10.0 Å². The van der Waals surface area contributed by atoms with Gasteiger partial charge >= 0.3 is 0 Å². The van der Waals surface area contributed by atoms with Crippen molar-refractivity contribution in [1.29, 1.82) is 0 Å². The van der Waals surface area contributed by atoms with Crippen molar-refractivity contribution in [3.8, 4) is 0 Å². The van der Waals surface area contributed by atoms with Crippen molar-refractivity contribution < 1.29 is 13.2 Å². The number of aromatic amines is 1. The van der Waals surface area contributed by atoms with Crippen LogP contribution in [-0.4, -0.2) is 24.5 Å². The first-order chi connectivity index (χ1) is 11.1. The van der Waals surface area contributed by atoms with Gasteiger partial charge in [0.25, 0.3) is 15.9 Å². The summed E-state index contributed by atoms with van der Waals surface area (Å²) in [6.07, 6.45) is 1.46. The Hall–Kier alpha value is -2.65. The summed E-state index contributed by atoms with van der Waals surface area (Å²) in [5, 5.41) is 10.6. The molecule has 0 bridgehead atoms. The van der Waals surface area contributed by atoms with Gasteiger partial charge in [0, 0.05) is 6.20 Å². The summed E-state index contributed by atoms with van der Waals surface area (Å²) in [5.41, 5.74) is 0.918. The third-order valence-corrected chi connectivity index (χ3v) is 5.69. The van der Waals surface area contributed by atoms with E-state index in [-0.39, 0.29) is 15.6 Å². The average Bonchev–Trinajstić information content (AvgIpc) is 3.23. The molecule has 0 saturated heterocycles. The van der Waals surface area contributed by atoms with E-state index in [4.69, 9.17) is 0 Å². The number of benzene rings is 1. The van der Waals surface area contributed by atoms with E-state index in [0.717, 1.165) is 11.3 Å². The van der Waals surface area contributed by atoms with Gasteiger partial charge in [-0.15, -0.1) is 11.3 Å². The Labute approximate surface area is 136 Å². The molecule has 23 heavy (non-hydrogen) atoms. The van der Waals surface area contributed by atoms with E-state index in [1.807, 2.05) is 0 Å². The molecule has 0 aliphatic rings. The third-order valence-electron chi connectivity index (χ3n) is 2.92. The molecule has 7 nitrogen and oxygen atoms in total. The Bertz CT molecular complexity index is 903. The monoisotopic (exact) mass is 348 g/mol. The fourth-order valence-electron chi connectivity index (χ4n) is 1.86. The molecule has 0 fully saturated rings. The van der Waals surface area contributed by atoms with Crippen LogP contribution in [0.3, 0.4) is 0 Å². The Morgan fingerprint density at radius 2 is 1.87 bits per heavy atom. The van der Waals surface area contributed by atoms with E-state index in [2.05, 4.69) is 20.2 Å². The molecule has 0 aliphatic heterocycles. The van der Waals surface area contributed by atoms with Gasteiger partial charge in [-0.1, -0.05) is 18.2 Å². The largest absolute Gasteiger partial charge is 0.319 e. The van der Waals surface area contributed by atoms with E-state index in [1.165, 1.54) is 18.3 Å². The van der Waals surface area contributed by atoms with E-state index in [9.17, 15) is 13.2 Å². The van der Waals surface area contributed by atoms with E-state index in [0.29, 0.717) is 5.69 Å². The molecule has 0 unspecified atom stereocenters. The maximum atomic E-state index is 12.3. The lowest BCUT2D eigenvalue weighted by Gasteiger charge is -2.12. The summed E-state index contributed by atoms with van der Waals surface area (Å²) in [6.45, 7) is 0. The fourth-order valence-corrected chi connectivity index (χ4v) is 3.94. The van der Waals surface area contributed by atoms with Crippen LogP contribution >= 0.6 is 11.3 Å². The molecule has 0 radical (unpaired) electrons. The number of rotatable bonds is 5. The molecular formula is C14H12N4O3S2. The minimum absolute atomic E-state index is 0.201. The quantitative estimate of drug-likeness (QED) is 0.659. The van der Waals surface area contributed by atoms with Crippen molar-refractivity contribution in [3.63, 3.8) is 0 Å². The van der Waals surface area contributed by atoms with E-state index in [1.54, 1.807) is 35.7 Å². The number of hydrogen-bond donors (Lipinski definition) is 3. The number of carbonyl (C=O) groups excluding carboxylic acids is 1. The summed E-state index contributed by atoms with van der Waals surface area (Å²) in [4.78, 5) is 12.1. The second-order valence-electron chi connectivity index (χ2n) is 4.51. The minimum Gasteiger partial charge on any atom is -0.319 e. The minimum atomic E-state index is -3.69. The van der Waals surface area contributed by atoms with Gasteiger partial charge in [-0.25, -0.2) is 8.42 Å². The van der Waals surface area contributed by atoms with Crippen molar-refractivity contribution in [1.82, 2.24) is 10.2 Å². The van der Waals surface area contributed by atoms with E-state index >= 15 is 0 Å². The van der Waals surface area contributed by atoms with Crippen LogP contribution in [0, 0.1) is 0 Å². The molecular weight excluding hydrogens is 336 g/mol. The Morgan fingerprint density at radius 1 is 1.09 bits per heavy atom. The number of para-hydroxylation sites is 2. The first-order valence-corrected chi connectivity index (χ1v) is 8.88. The molecule has 1 aromatic carbocycles. The highest BCUT2D eigenvalue weighted by atomic mass is 32.2. The van der Waals surface area contributed by atoms with Crippen LogP contribution in [0.5, 0.6) is 0 Å². The maximum absolute atomic E-state index is 12.3. The Kier molecular flexibility index (Phi) is 4.13.